The first-order chi connectivity index (χ1) is 8.52. The summed E-state index contributed by atoms with van der Waals surface area (Å²) in [7, 11) is 0. The number of thioether (sulfide) groups is 1. The summed E-state index contributed by atoms with van der Waals surface area (Å²) in [4.78, 5) is 4.34. The van der Waals surface area contributed by atoms with Gasteiger partial charge in [0.25, 0.3) is 0 Å². The number of benzene rings is 1. The van der Waals surface area contributed by atoms with Crippen molar-refractivity contribution in [1.82, 2.24) is 4.98 Å². The molecule has 0 aliphatic carbocycles. The first kappa shape index (κ1) is 13.5. The van der Waals surface area contributed by atoms with Crippen LogP contribution in [0.2, 0.25) is 5.02 Å². The Labute approximate surface area is 117 Å². The number of pyridine rings is 1. The molecule has 1 aromatic carbocycles. The number of nitrogens with one attached hydrogen (secondary N) is 1. The third-order valence-corrected chi connectivity index (χ3v) is 4.45. The highest BCUT2D eigenvalue weighted by Crippen LogP contribution is 2.26. The van der Waals surface area contributed by atoms with E-state index in [9.17, 15) is 0 Å². The van der Waals surface area contributed by atoms with E-state index in [1.165, 1.54) is 0 Å². The Morgan fingerprint density at radius 3 is 2.83 bits per heavy atom. The first-order valence-corrected chi connectivity index (χ1v) is 7.45. The average molecular weight is 281 g/mol. The Balaban J connectivity index is 2.29. The summed E-state index contributed by atoms with van der Waals surface area (Å²) in [5.41, 5.74) is 2.04. The summed E-state index contributed by atoms with van der Waals surface area (Å²) in [6.45, 7) is 5.37. The number of aromatic nitrogens is 1. The summed E-state index contributed by atoms with van der Waals surface area (Å²) in [6, 6.07) is 7.81. The predicted octanol–water partition coefficient (Wildman–Crippen LogP) is 4.44. The Hall–Kier alpha value is -0.930. The fraction of sp³-hybridized carbons (Fsp3) is 0.357. The molecule has 0 bridgehead atoms. The lowest BCUT2D eigenvalue weighted by molar-refractivity contribution is 0.753. The molecule has 0 saturated heterocycles. The number of hydrogen-bond acceptors (Lipinski definition) is 3. The molecule has 0 saturated carbocycles. The Morgan fingerprint density at radius 1 is 1.33 bits per heavy atom. The molecule has 2 nitrogen and oxygen atoms in total. The summed E-state index contributed by atoms with van der Waals surface area (Å²) in [5.74, 6) is 0. The monoisotopic (exact) mass is 280 g/mol. The molecule has 2 rings (SSSR count). The van der Waals surface area contributed by atoms with E-state index in [4.69, 9.17) is 11.6 Å². The van der Waals surface area contributed by atoms with Gasteiger partial charge in [0.2, 0.25) is 0 Å². The maximum atomic E-state index is 5.98. The predicted molar refractivity (Wildman–Crippen MR) is 82.8 cm³/mol. The average Bonchev–Trinajstić information content (AvgIpc) is 2.36. The maximum Gasteiger partial charge on any atom is 0.0737 e. The van der Waals surface area contributed by atoms with Crippen molar-refractivity contribution >= 4 is 40.0 Å². The van der Waals surface area contributed by atoms with Crippen LogP contribution in [-0.4, -0.2) is 22.5 Å². The standard InChI is InChI=1S/C14H17ClN2S/c1-14(2,18-3)9-17-12-6-7-16-13-8-10(15)4-5-11(12)13/h4-8H,9H2,1-3H3,(H,16,17). The molecular formula is C14H17ClN2S. The smallest absolute Gasteiger partial charge is 0.0737 e. The summed E-state index contributed by atoms with van der Waals surface area (Å²) >= 11 is 7.83. The van der Waals surface area contributed by atoms with Crippen LogP contribution in [0.3, 0.4) is 0 Å². The van der Waals surface area contributed by atoms with Gasteiger partial charge in [-0.05, 0) is 44.4 Å². The zero-order valence-corrected chi connectivity index (χ0v) is 12.4. The molecule has 0 aliphatic heterocycles. The Kier molecular flexibility index (Phi) is 4.03. The van der Waals surface area contributed by atoms with Crippen LogP contribution < -0.4 is 5.32 Å². The lowest BCUT2D eigenvalue weighted by Gasteiger charge is -2.23. The number of nitrogens with zero attached hydrogens (tertiary/aromatic N) is 1. The van der Waals surface area contributed by atoms with Crippen molar-refractivity contribution in [2.45, 2.75) is 18.6 Å². The molecular weight excluding hydrogens is 264 g/mol. The molecule has 1 heterocycles. The van der Waals surface area contributed by atoms with E-state index in [2.05, 4.69) is 30.4 Å². The molecule has 18 heavy (non-hydrogen) atoms. The van der Waals surface area contributed by atoms with E-state index in [1.54, 1.807) is 0 Å². The van der Waals surface area contributed by atoms with Gasteiger partial charge in [-0.15, -0.1) is 0 Å². The third-order valence-electron chi connectivity index (χ3n) is 2.96. The van der Waals surface area contributed by atoms with Gasteiger partial charge >= 0.3 is 0 Å². The topological polar surface area (TPSA) is 24.9 Å². The molecule has 2 aromatic rings. The fourth-order valence-corrected chi connectivity index (χ4v) is 2.04. The van der Waals surface area contributed by atoms with Gasteiger partial charge in [-0.2, -0.15) is 11.8 Å². The largest absolute Gasteiger partial charge is 0.383 e. The van der Waals surface area contributed by atoms with Crippen LogP contribution >= 0.6 is 23.4 Å². The van der Waals surface area contributed by atoms with Crippen LogP contribution in [0.15, 0.2) is 30.5 Å². The van der Waals surface area contributed by atoms with Crippen molar-refractivity contribution < 1.29 is 0 Å². The Bertz CT molecular complexity index is 554. The zero-order valence-electron chi connectivity index (χ0n) is 10.8. The number of fused-ring (bicyclic) bond motifs is 1. The van der Waals surface area contributed by atoms with Crippen molar-refractivity contribution in [2.75, 3.05) is 18.1 Å². The number of rotatable bonds is 4. The molecule has 0 spiro atoms. The van der Waals surface area contributed by atoms with E-state index in [0.29, 0.717) is 0 Å². The van der Waals surface area contributed by atoms with Crippen LogP contribution in [0.4, 0.5) is 5.69 Å². The van der Waals surface area contributed by atoms with Crippen LogP contribution in [0, 0.1) is 0 Å². The molecule has 0 fully saturated rings. The molecule has 0 aliphatic rings. The zero-order chi connectivity index (χ0) is 13.2. The summed E-state index contributed by atoms with van der Waals surface area (Å²) < 4.78 is 0.210. The molecule has 96 valence electrons. The van der Waals surface area contributed by atoms with Crippen molar-refractivity contribution in [3.8, 4) is 0 Å². The first-order valence-electron chi connectivity index (χ1n) is 5.85. The van der Waals surface area contributed by atoms with E-state index in [-0.39, 0.29) is 4.75 Å². The molecule has 0 radical (unpaired) electrons. The molecule has 4 heteroatoms. The molecule has 0 atom stereocenters. The molecule has 1 N–H and O–H groups in total. The Morgan fingerprint density at radius 2 is 2.11 bits per heavy atom. The second kappa shape index (κ2) is 5.37. The van der Waals surface area contributed by atoms with E-state index in [0.717, 1.165) is 28.2 Å². The van der Waals surface area contributed by atoms with E-state index in [1.807, 2.05) is 42.2 Å². The molecule has 0 amide bonds. The quantitative estimate of drug-likeness (QED) is 0.896. The lowest BCUT2D eigenvalue weighted by Crippen LogP contribution is -2.25. The fourth-order valence-electron chi connectivity index (χ4n) is 1.66. The number of hydrogen-bond donors (Lipinski definition) is 1. The van der Waals surface area contributed by atoms with Crippen LogP contribution in [0.5, 0.6) is 0 Å². The van der Waals surface area contributed by atoms with Crippen LogP contribution in [0.1, 0.15) is 13.8 Å². The van der Waals surface area contributed by atoms with Crippen molar-refractivity contribution in [1.29, 1.82) is 0 Å². The lowest BCUT2D eigenvalue weighted by atomic mass is 10.1. The highest BCUT2D eigenvalue weighted by molar-refractivity contribution is 7.99. The normalized spacial score (nSPS) is 11.8. The van der Waals surface area contributed by atoms with E-state index >= 15 is 0 Å². The van der Waals surface area contributed by atoms with Gasteiger partial charge in [0, 0.05) is 33.6 Å². The molecule has 1 aromatic heterocycles. The summed E-state index contributed by atoms with van der Waals surface area (Å²) in [5, 5.41) is 5.32. The number of anilines is 1. The SMILES string of the molecule is CSC(C)(C)CNc1ccnc2cc(Cl)ccc12. The minimum Gasteiger partial charge on any atom is -0.383 e. The van der Waals surface area contributed by atoms with Gasteiger partial charge in [0.05, 0.1) is 5.52 Å². The second-order valence-electron chi connectivity index (χ2n) is 4.84. The van der Waals surface area contributed by atoms with Crippen molar-refractivity contribution in [3.05, 3.63) is 35.5 Å². The van der Waals surface area contributed by atoms with Gasteiger partial charge in [-0.25, -0.2) is 0 Å². The van der Waals surface area contributed by atoms with Gasteiger partial charge in [0.15, 0.2) is 0 Å². The van der Waals surface area contributed by atoms with Gasteiger partial charge in [0.1, 0.15) is 0 Å². The minimum absolute atomic E-state index is 0.210. The van der Waals surface area contributed by atoms with Crippen molar-refractivity contribution in [3.63, 3.8) is 0 Å². The number of halogens is 1. The van der Waals surface area contributed by atoms with Gasteiger partial charge in [-0.1, -0.05) is 11.6 Å². The van der Waals surface area contributed by atoms with Gasteiger partial charge in [-0.3, -0.25) is 4.98 Å². The summed E-state index contributed by atoms with van der Waals surface area (Å²) in [6.07, 6.45) is 3.94. The van der Waals surface area contributed by atoms with Gasteiger partial charge < -0.3 is 5.32 Å². The van der Waals surface area contributed by atoms with Crippen LogP contribution in [0.25, 0.3) is 10.9 Å². The molecule has 0 unspecified atom stereocenters. The van der Waals surface area contributed by atoms with E-state index < -0.39 is 0 Å². The van der Waals surface area contributed by atoms with Crippen molar-refractivity contribution in [2.24, 2.45) is 0 Å². The van der Waals surface area contributed by atoms with Crippen LogP contribution in [-0.2, 0) is 0 Å². The highest BCUT2D eigenvalue weighted by Gasteiger charge is 2.15. The highest BCUT2D eigenvalue weighted by atomic mass is 35.5. The minimum atomic E-state index is 0.210. The second-order valence-corrected chi connectivity index (χ2v) is 6.79. The maximum absolute atomic E-state index is 5.98. The third kappa shape index (κ3) is 3.09.